The van der Waals surface area contributed by atoms with E-state index in [0.29, 0.717) is 18.8 Å². The molecule has 0 amide bonds. The molecule has 0 saturated heterocycles. The average Bonchev–Trinajstić information content (AvgIpc) is 2.80. The van der Waals surface area contributed by atoms with Crippen LogP contribution in [0.4, 0.5) is 0 Å². The Morgan fingerprint density at radius 1 is 0.921 bits per heavy atom. The van der Waals surface area contributed by atoms with Gasteiger partial charge >= 0.3 is 5.97 Å². The quantitative estimate of drug-likeness (QED) is 0.312. The van der Waals surface area contributed by atoms with Crippen molar-refractivity contribution < 1.29 is 30.0 Å². The van der Waals surface area contributed by atoms with Crippen molar-refractivity contribution in [3.63, 3.8) is 0 Å². The van der Waals surface area contributed by atoms with Crippen molar-refractivity contribution in [2.75, 3.05) is 13.2 Å². The Balaban J connectivity index is 1.59. The van der Waals surface area contributed by atoms with E-state index in [0.717, 1.165) is 38.5 Å². The van der Waals surface area contributed by atoms with Crippen molar-refractivity contribution in [1.29, 1.82) is 0 Å². The summed E-state index contributed by atoms with van der Waals surface area (Å²) in [6.07, 6.45) is 7.21. The number of carbonyl (C=O) groups excluding carboxylic acids is 1. The first-order valence-electron chi connectivity index (χ1n) is 15.0. The van der Waals surface area contributed by atoms with Crippen molar-refractivity contribution in [2.24, 2.45) is 50.2 Å². The normalized spacial score (nSPS) is 53.5. The lowest BCUT2D eigenvalue weighted by Crippen LogP contribution is -2.69. The first kappa shape index (κ1) is 28.6. The van der Waals surface area contributed by atoms with Gasteiger partial charge in [-0.25, -0.2) is 0 Å². The molecular formula is C32H52O6. The fourth-order valence-corrected chi connectivity index (χ4v) is 11.3. The SMILES string of the molecule is CC(=O)O[C@H]1CC[C@@]2(C)[C@@H](CC[C@]3(C)[C@@H]2CC=C2[C@@H]4CC(C)(C)C[C@H](O)[C@]4(CO)[C@H](O)C[C@]23C)[C@]1(C)CO. The number of rotatable bonds is 3. The molecule has 0 aromatic carbocycles. The smallest absolute Gasteiger partial charge is 0.302 e. The first-order valence-corrected chi connectivity index (χ1v) is 15.0. The second kappa shape index (κ2) is 8.77. The molecule has 5 rings (SSSR count). The third-order valence-electron chi connectivity index (χ3n) is 13.6. The topological polar surface area (TPSA) is 107 Å². The molecule has 216 valence electrons. The summed E-state index contributed by atoms with van der Waals surface area (Å²) in [6, 6.07) is 0. The van der Waals surface area contributed by atoms with E-state index < -0.39 is 23.0 Å². The maximum Gasteiger partial charge on any atom is 0.302 e. The zero-order chi connectivity index (χ0) is 28.1. The van der Waals surface area contributed by atoms with Crippen molar-refractivity contribution in [3.8, 4) is 0 Å². The van der Waals surface area contributed by atoms with Crippen LogP contribution in [0, 0.1) is 50.2 Å². The Labute approximate surface area is 229 Å². The Hall–Kier alpha value is -0.950. The highest BCUT2D eigenvalue weighted by Crippen LogP contribution is 2.75. The van der Waals surface area contributed by atoms with E-state index in [4.69, 9.17) is 4.74 Å². The van der Waals surface area contributed by atoms with Gasteiger partial charge in [0.1, 0.15) is 6.10 Å². The summed E-state index contributed by atoms with van der Waals surface area (Å²) >= 11 is 0. The van der Waals surface area contributed by atoms with Gasteiger partial charge in [0.15, 0.2) is 0 Å². The minimum atomic E-state index is -0.900. The number of hydrogen-bond donors (Lipinski definition) is 4. The average molecular weight is 533 g/mol. The molecule has 0 radical (unpaired) electrons. The molecule has 4 saturated carbocycles. The van der Waals surface area contributed by atoms with E-state index >= 15 is 0 Å². The van der Waals surface area contributed by atoms with E-state index in [2.05, 4.69) is 47.6 Å². The number of aliphatic hydroxyl groups is 4. The molecule has 6 heteroatoms. The van der Waals surface area contributed by atoms with Gasteiger partial charge in [-0.15, -0.1) is 0 Å². The summed E-state index contributed by atoms with van der Waals surface area (Å²) in [5, 5.41) is 44.6. The van der Waals surface area contributed by atoms with Crippen LogP contribution in [-0.4, -0.2) is 57.9 Å². The molecule has 5 aliphatic carbocycles. The number of allylic oxidation sites excluding steroid dienone is 2. The Morgan fingerprint density at radius 3 is 2.18 bits per heavy atom. The van der Waals surface area contributed by atoms with Gasteiger partial charge in [0.2, 0.25) is 0 Å². The zero-order valence-corrected chi connectivity index (χ0v) is 24.7. The molecule has 6 nitrogen and oxygen atoms in total. The lowest BCUT2D eigenvalue weighted by molar-refractivity contribution is -0.242. The van der Waals surface area contributed by atoms with Gasteiger partial charge in [-0.3, -0.25) is 4.79 Å². The van der Waals surface area contributed by atoms with E-state index in [1.165, 1.54) is 12.5 Å². The molecule has 0 aliphatic heterocycles. The van der Waals surface area contributed by atoms with Crippen LogP contribution in [0.3, 0.4) is 0 Å². The summed E-state index contributed by atoms with van der Waals surface area (Å²) in [7, 11) is 0. The van der Waals surface area contributed by atoms with Gasteiger partial charge in [-0.2, -0.15) is 0 Å². The fourth-order valence-electron chi connectivity index (χ4n) is 11.3. The van der Waals surface area contributed by atoms with Crippen LogP contribution in [0.5, 0.6) is 0 Å². The van der Waals surface area contributed by atoms with Gasteiger partial charge in [-0.05, 0) is 90.8 Å². The maximum atomic E-state index is 11.9. The summed E-state index contributed by atoms with van der Waals surface area (Å²) in [5.74, 6) is 0.265. The van der Waals surface area contributed by atoms with Gasteiger partial charge < -0.3 is 25.2 Å². The second-order valence-corrected chi connectivity index (χ2v) is 15.7. The maximum absolute atomic E-state index is 11.9. The Bertz CT molecular complexity index is 1010. The highest BCUT2D eigenvalue weighted by molar-refractivity contribution is 5.66. The largest absolute Gasteiger partial charge is 0.462 e. The molecule has 0 aromatic rings. The van der Waals surface area contributed by atoms with Crippen LogP contribution >= 0.6 is 0 Å². The number of fused-ring (bicyclic) bond motifs is 7. The first-order chi connectivity index (χ1) is 17.6. The zero-order valence-electron chi connectivity index (χ0n) is 24.7. The number of hydrogen-bond acceptors (Lipinski definition) is 6. The molecule has 0 spiro atoms. The van der Waals surface area contributed by atoms with Crippen LogP contribution in [-0.2, 0) is 9.53 Å². The van der Waals surface area contributed by atoms with E-state index in [1.54, 1.807) is 0 Å². The third-order valence-corrected chi connectivity index (χ3v) is 13.6. The van der Waals surface area contributed by atoms with Crippen molar-refractivity contribution in [1.82, 2.24) is 0 Å². The Morgan fingerprint density at radius 2 is 1.58 bits per heavy atom. The molecule has 5 aliphatic rings. The number of aliphatic hydroxyl groups excluding tert-OH is 4. The second-order valence-electron chi connectivity index (χ2n) is 15.7. The number of ether oxygens (including phenoxy) is 1. The minimum absolute atomic E-state index is 0.000224. The van der Waals surface area contributed by atoms with Crippen LogP contribution in [0.2, 0.25) is 0 Å². The lowest BCUT2D eigenvalue weighted by Gasteiger charge is -2.72. The predicted octanol–water partition coefficient (Wildman–Crippen LogP) is 4.63. The summed E-state index contributed by atoms with van der Waals surface area (Å²) < 4.78 is 5.79. The van der Waals surface area contributed by atoms with Gasteiger partial charge in [-0.1, -0.05) is 53.2 Å². The van der Waals surface area contributed by atoms with Gasteiger partial charge in [0, 0.05) is 12.3 Å². The van der Waals surface area contributed by atoms with E-state index in [1.807, 2.05) is 0 Å². The van der Waals surface area contributed by atoms with Crippen LogP contribution in [0.15, 0.2) is 11.6 Å². The Kier molecular flexibility index (Phi) is 6.60. The number of carbonyl (C=O) groups is 1. The monoisotopic (exact) mass is 532 g/mol. The summed E-state index contributed by atoms with van der Waals surface area (Å²) in [5.41, 5.74) is -0.453. The van der Waals surface area contributed by atoms with Gasteiger partial charge in [0.05, 0.1) is 30.8 Å². The summed E-state index contributed by atoms with van der Waals surface area (Å²) in [6.45, 7) is 15.0. The van der Waals surface area contributed by atoms with Crippen LogP contribution in [0.25, 0.3) is 0 Å². The highest BCUT2D eigenvalue weighted by Gasteiger charge is 2.71. The molecule has 38 heavy (non-hydrogen) atoms. The molecule has 0 heterocycles. The number of esters is 1. The molecule has 0 aromatic heterocycles. The molecule has 0 bridgehead atoms. The summed E-state index contributed by atoms with van der Waals surface area (Å²) in [4.78, 5) is 11.9. The molecular weight excluding hydrogens is 480 g/mol. The highest BCUT2D eigenvalue weighted by atomic mass is 16.5. The van der Waals surface area contributed by atoms with Crippen molar-refractivity contribution >= 4 is 5.97 Å². The van der Waals surface area contributed by atoms with Crippen molar-refractivity contribution in [3.05, 3.63) is 11.6 Å². The molecule has 4 N–H and O–H groups in total. The lowest BCUT2D eigenvalue weighted by atomic mass is 9.33. The van der Waals surface area contributed by atoms with E-state index in [-0.39, 0.29) is 58.8 Å². The van der Waals surface area contributed by atoms with Gasteiger partial charge in [0.25, 0.3) is 0 Å². The molecule has 0 unspecified atom stereocenters. The third kappa shape index (κ3) is 3.48. The van der Waals surface area contributed by atoms with E-state index in [9.17, 15) is 25.2 Å². The molecule has 11 atom stereocenters. The standard InChI is InChI=1S/C32H52O6/c1-19(35)38-26-11-12-28(4)22(29(26,5)17-33)10-13-30(6)23(28)9-8-20-21-14-27(2,3)15-24(36)32(21,18-34)25(37)16-31(20,30)7/h8,21-26,33-34,36-37H,9-18H2,1-7H3/t21-,22+,23+,24-,25+,26-,28-,29-,30+,31+,32+/m0/s1. The minimum Gasteiger partial charge on any atom is -0.462 e. The fraction of sp³-hybridized carbons (Fsp3) is 0.906. The van der Waals surface area contributed by atoms with Crippen LogP contribution < -0.4 is 0 Å². The molecule has 4 fully saturated rings. The predicted molar refractivity (Wildman–Crippen MR) is 146 cm³/mol. The van der Waals surface area contributed by atoms with Crippen LogP contribution in [0.1, 0.15) is 99.8 Å². The van der Waals surface area contributed by atoms with Crippen molar-refractivity contribution in [2.45, 2.75) is 118 Å².